The molecule has 0 bridgehead atoms. The number of amides is 2. The van der Waals surface area contributed by atoms with E-state index in [1.807, 2.05) is 13.8 Å². The fraction of sp³-hybridized carbons (Fsp3) is 0.250. The Morgan fingerprint density at radius 3 is 2.50 bits per heavy atom. The molecule has 2 aromatic carbocycles. The van der Waals surface area contributed by atoms with Crippen molar-refractivity contribution >= 4 is 56.7 Å². The fourth-order valence-corrected chi connectivity index (χ4v) is 3.05. The second-order valence-corrected chi connectivity index (χ2v) is 7.88. The van der Waals surface area contributed by atoms with Crippen LogP contribution >= 0.6 is 39.7 Å². The summed E-state index contributed by atoms with van der Waals surface area (Å²) in [7, 11) is 0. The molecule has 0 radical (unpaired) electrons. The molecule has 10 heteroatoms. The van der Waals surface area contributed by atoms with E-state index in [1.165, 1.54) is 0 Å². The molecule has 0 fully saturated rings. The van der Waals surface area contributed by atoms with Crippen LogP contribution in [0.2, 0.25) is 5.02 Å². The van der Waals surface area contributed by atoms with Crippen molar-refractivity contribution in [2.45, 2.75) is 26.4 Å². The molecule has 1 atom stereocenters. The minimum atomic E-state index is -0.486. The minimum Gasteiger partial charge on any atom is -0.491 e. The molecule has 160 valence electrons. The zero-order valence-electron chi connectivity index (χ0n) is 16.3. The zero-order valence-corrected chi connectivity index (χ0v) is 19.5. The maximum atomic E-state index is 12.2. The quantitative estimate of drug-likeness (QED) is 0.382. The molecular weight excluding hydrogens is 494 g/mol. The van der Waals surface area contributed by atoms with E-state index in [0.29, 0.717) is 26.6 Å². The summed E-state index contributed by atoms with van der Waals surface area (Å²) in [6, 6.07) is 11.6. The Hall–Kier alpha value is -2.36. The van der Waals surface area contributed by atoms with Crippen molar-refractivity contribution in [1.29, 1.82) is 0 Å². The third kappa shape index (κ3) is 7.81. The highest BCUT2D eigenvalue weighted by Gasteiger charge is 2.10. The highest BCUT2D eigenvalue weighted by Crippen LogP contribution is 2.27. The van der Waals surface area contributed by atoms with Gasteiger partial charge in [0.1, 0.15) is 11.5 Å². The molecule has 2 aromatic rings. The van der Waals surface area contributed by atoms with Gasteiger partial charge in [-0.1, -0.05) is 18.5 Å². The van der Waals surface area contributed by atoms with E-state index in [9.17, 15) is 9.59 Å². The lowest BCUT2D eigenvalue weighted by atomic mass is 10.2. The van der Waals surface area contributed by atoms with E-state index in [4.69, 9.17) is 33.3 Å². The Labute approximate surface area is 193 Å². The van der Waals surface area contributed by atoms with Gasteiger partial charge >= 0.3 is 0 Å². The molecule has 0 aromatic heterocycles. The number of benzene rings is 2. The van der Waals surface area contributed by atoms with Gasteiger partial charge in [-0.3, -0.25) is 25.8 Å². The van der Waals surface area contributed by atoms with Gasteiger partial charge in [0, 0.05) is 10.6 Å². The summed E-state index contributed by atoms with van der Waals surface area (Å²) in [6.45, 7) is 3.74. The molecule has 2 rings (SSSR count). The van der Waals surface area contributed by atoms with Crippen LogP contribution in [0.25, 0.3) is 0 Å². The van der Waals surface area contributed by atoms with Gasteiger partial charge in [0.2, 0.25) is 0 Å². The predicted molar refractivity (Wildman–Crippen MR) is 123 cm³/mol. The molecule has 0 aliphatic rings. The van der Waals surface area contributed by atoms with E-state index >= 15 is 0 Å². The summed E-state index contributed by atoms with van der Waals surface area (Å²) in [6.07, 6.45) is 0.977. The maximum absolute atomic E-state index is 12.2. The van der Waals surface area contributed by atoms with Gasteiger partial charge in [0.05, 0.1) is 10.6 Å². The Kier molecular flexibility index (Phi) is 9.35. The fourth-order valence-electron chi connectivity index (χ4n) is 2.11. The number of halogens is 2. The Morgan fingerprint density at radius 2 is 1.87 bits per heavy atom. The average molecular weight is 515 g/mol. The molecule has 3 N–H and O–H groups in total. The molecule has 0 heterocycles. The van der Waals surface area contributed by atoms with Gasteiger partial charge in [-0.05, 0) is 84.0 Å². The molecule has 7 nitrogen and oxygen atoms in total. The smallest absolute Gasteiger partial charge is 0.276 e. The zero-order chi connectivity index (χ0) is 22.1. The number of hydrazine groups is 1. The second kappa shape index (κ2) is 11.7. The number of nitrogens with one attached hydrogen (secondary N) is 3. The van der Waals surface area contributed by atoms with Gasteiger partial charge in [-0.25, -0.2) is 0 Å². The first-order valence-corrected chi connectivity index (χ1v) is 10.6. The summed E-state index contributed by atoms with van der Waals surface area (Å²) in [4.78, 5) is 24.1. The lowest BCUT2D eigenvalue weighted by molar-refractivity contribution is -0.123. The largest absolute Gasteiger partial charge is 0.491 e. The Morgan fingerprint density at radius 1 is 1.17 bits per heavy atom. The molecular formula is C20H21BrClN3O4S. The van der Waals surface area contributed by atoms with Crippen molar-refractivity contribution in [2.24, 2.45) is 0 Å². The van der Waals surface area contributed by atoms with Crippen LogP contribution in [0, 0.1) is 0 Å². The number of carbonyl (C=O) groups is 2. The van der Waals surface area contributed by atoms with E-state index in [-0.39, 0.29) is 17.8 Å². The van der Waals surface area contributed by atoms with Gasteiger partial charge < -0.3 is 9.47 Å². The molecule has 0 saturated carbocycles. The van der Waals surface area contributed by atoms with Crippen molar-refractivity contribution in [2.75, 3.05) is 6.61 Å². The molecule has 0 aliphatic carbocycles. The molecule has 0 saturated heterocycles. The first-order valence-electron chi connectivity index (χ1n) is 9.03. The number of thiocarbonyl (C=S) groups is 1. The van der Waals surface area contributed by atoms with Crippen LogP contribution in [0.5, 0.6) is 11.5 Å². The van der Waals surface area contributed by atoms with Gasteiger partial charge in [0.25, 0.3) is 11.8 Å². The third-order valence-electron chi connectivity index (χ3n) is 3.82. The maximum Gasteiger partial charge on any atom is 0.276 e. The van der Waals surface area contributed by atoms with Gasteiger partial charge in [-0.2, -0.15) is 0 Å². The van der Waals surface area contributed by atoms with Crippen molar-refractivity contribution < 1.29 is 19.1 Å². The highest BCUT2D eigenvalue weighted by molar-refractivity contribution is 9.10. The third-order valence-corrected chi connectivity index (χ3v) is 4.88. The summed E-state index contributed by atoms with van der Waals surface area (Å²) in [5.74, 6) is 0.241. The monoisotopic (exact) mass is 513 g/mol. The SMILES string of the molecule is CCC(C)Oc1ccc(C(=O)NC(=S)NNC(=O)COc2ccc(Cl)cc2Br)cc1. The number of ether oxygens (including phenoxy) is 2. The number of hydrogen-bond donors (Lipinski definition) is 3. The Bertz CT molecular complexity index is 911. The van der Waals surface area contributed by atoms with Crippen molar-refractivity contribution in [3.63, 3.8) is 0 Å². The molecule has 1 unspecified atom stereocenters. The van der Waals surface area contributed by atoms with Gasteiger partial charge in [0.15, 0.2) is 11.7 Å². The standard InChI is InChI=1S/C20H21BrClN3O4S/c1-3-12(2)29-15-7-4-13(5-8-15)19(27)23-20(30)25-24-18(26)11-28-17-9-6-14(22)10-16(17)21/h4-10,12H,3,11H2,1-2H3,(H,24,26)(H2,23,25,27,30). The lowest BCUT2D eigenvalue weighted by Gasteiger charge is -2.13. The van der Waals surface area contributed by atoms with Crippen LogP contribution in [0.15, 0.2) is 46.9 Å². The minimum absolute atomic E-state index is 0.0547. The van der Waals surface area contributed by atoms with Crippen molar-refractivity contribution in [1.82, 2.24) is 16.2 Å². The van der Waals surface area contributed by atoms with E-state index in [1.54, 1.807) is 42.5 Å². The lowest BCUT2D eigenvalue weighted by Crippen LogP contribution is -2.49. The number of hydrogen-bond acceptors (Lipinski definition) is 5. The first kappa shape index (κ1) is 23.9. The molecule has 0 spiro atoms. The number of rotatable bonds is 7. The first-order chi connectivity index (χ1) is 14.3. The second-order valence-electron chi connectivity index (χ2n) is 6.18. The van der Waals surface area contributed by atoms with Crippen LogP contribution in [0.4, 0.5) is 0 Å². The summed E-state index contributed by atoms with van der Waals surface area (Å²) in [5, 5.41) is 2.96. The summed E-state index contributed by atoms with van der Waals surface area (Å²) in [5.41, 5.74) is 5.20. The summed E-state index contributed by atoms with van der Waals surface area (Å²) < 4.78 is 11.7. The van der Waals surface area contributed by atoms with Crippen LogP contribution < -0.4 is 25.6 Å². The van der Waals surface area contributed by atoms with Crippen molar-refractivity contribution in [3.05, 3.63) is 57.5 Å². The molecule has 30 heavy (non-hydrogen) atoms. The normalized spacial score (nSPS) is 11.2. The number of carbonyl (C=O) groups excluding carboxylic acids is 2. The van der Waals surface area contributed by atoms with E-state index in [2.05, 4.69) is 32.1 Å². The van der Waals surface area contributed by atoms with E-state index < -0.39 is 11.8 Å². The highest BCUT2D eigenvalue weighted by atomic mass is 79.9. The molecule has 2 amide bonds. The van der Waals surface area contributed by atoms with Crippen LogP contribution in [-0.4, -0.2) is 29.6 Å². The van der Waals surface area contributed by atoms with Crippen LogP contribution in [-0.2, 0) is 4.79 Å². The van der Waals surface area contributed by atoms with E-state index in [0.717, 1.165) is 6.42 Å². The average Bonchev–Trinajstić information content (AvgIpc) is 2.72. The van der Waals surface area contributed by atoms with Gasteiger partial charge in [-0.15, -0.1) is 0 Å². The topological polar surface area (TPSA) is 88.7 Å². The van der Waals surface area contributed by atoms with Crippen molar-refractivity contribution in [3.8, 4) is 11.5 Å². The van der Waals surface area contributed by atoms with Crippen LogP contribution in [0.1, 0.15) is 30.6 Å². The summed E-state index contributed by atoms with van der Waals surface area (Å²) >= 11 is 14.2. The Balaban J connectivity index is 1.75. The molecule has 0 aliphatic heterocycles. The predicted octanol–water partition coefficient (Wildman–Crippen LogP) is 3.99. The van der Waals surface area contributed by atoms with Crippen LogP contribution in [0.3, 0.4) is 0 Å².